The van der Waals surface area contributed by atoms with Gasteiger partial charge in [-0.1, -0.05) is 0 Å². The lowest BCUT2D eigenvalue weighted by atomic mass is 9.95. The van der Waals surface area contributed by atoms with E-state index in [9.17, 15) is 4.79 Å². The molecular weight excluding hydrogens is 324 g/mol. The minimum Gasteiger partial charge on any atom is -0.496 e. The SMILES string of the molecule is COc1csc(Oc2ccc(C(=O)NC3CC4CCC3N4)cc2)c1. The third kappa shape index (κ3) is 3.12. The van der Waals surface area contributed by atoms with Crippen molar-refractivity contribution in [2.45, 2.75) is 37.4 Å². The molecule has 3 heterocycles. The standard InChI is InChI=1S/C18H20N2O3S/c1-22-14-9-17(24-10-14)23-13-5-2-11(3-6-13)18(21)20-16-8-12-4-7-15(16)19-12/h2-3,5-6,9-10,12,15-16,19H,4,7-8H2,1H3,(H,20,21). The number of thiophene rings is 1. The Bertz CT molecular complexity index is 728. The third-order valence-electron chi connectivity index (χ3n) is 4.74. The van der Waals surface area contributed by atoms with Gasteiger partial charge in [0.1, 0.15) is 11.5 Å². The van der Waals surface area contributed by atoms with Crippen LogP contribution in [0.3, 0.4) is 0 Å². The van der Waals surface area contributed by atoms with Gasteiger partial charge in [-0.3, -0.25) is 4.79 Å². The Kier molecular flexibility index (Phi) is 4.16. The van der Waals surface area contributed by atoms with E-state index in [0.29, 0.717) is 23.4 Å². The van der Waals surface area contributed by atoms with Crippen LogP contribution in [0.15, 0.2) is 35.7 Å². The number of ether oxygens (including phenoxy) is 2. The van der Waals surface area contributed by atoms with Crippen molar-refractivity contribution in [2.24, 2.45) is 0 Å². The van der Waals surface area contributed by atoms with Crippen molar-refractivity contribution in [2.75, 3.05) is 7.11 Å². The number of nitrogens with one attached hydrogen (secondary N) is 2. The molecular formula is C18H20N2O3S. The third-order valence-corrected chi connectivity index (χ3v) is 5.52. The molecule has 3 unspecified atom stereocenters. The highest BCUT2D eigenvalue weighted by Gasteiger charge is 2.39. The average molecular weight is 344 g/mol. The Morgan fingerprint density at radius 1 is 1.25 bits per heavy atom. The van der Waals surface area contributed by atoms with Crippen LogP contribution in [0.4, 0.5) is 0 Å². The molecule has 1 aromatic heterocycles. The summed E-state index contributed by atoms with van der Waals surface area (Å²) in [6, 6.07) is 10.4. The molecule has 2 aromatic rings. The van der Waals surface area contributed by atoms with Gasteiger partial charge in [-0.2, -0.15) is 0 Å². The second-order valence-electron chi connectivity index (χ2n) is 6.30. The molecule has 24 heavy (non-hydrogen) atoms. The molecule has 0 spiro atoms. The number of carbonyl (C=O) groups excluding carboxylic acids is 1. The first-order valence-electron chi connectivity index (χ1n) is 8.18. The lowest BCUT2D eigenvalue weighted by Crippen LogP contribution is -2.42. The molecule has 4 rings (SSSR count). The van der Waals surface area contributed by atoms with Gasteiger partial charge in [-0.25, -0.2) is 0 Å². The zero-order valence-corrected chi connectivity index (χ0v) is 14.3. The number of rotatable bonds is 5. The quantitative estimate of drug-likeness (QED) is 0.875. The predicted octanol–water partition coefficient (Wildman–Crippen LogP) is 3.17. The highest BCUT2D eigenvalue weighted by atomic mass is 32.1. The molecule has 2 aliphatic rings. The Labute approximate surface area is 145 Å². The van der Waals surface area contributed by atoms with Gasteiger partial charge in [0.2, 0.25) is 0 Å². The summed E-state index contributed by atoms with van der Waals surface area (Å²) in [5.74, 6) is 1.47. The van der Waals surface area contributed by atoms with Crippen molar-refractivity contribution in [1.82, 2.24) is 10.6 Å². The number of methoxy groups -OCH3 is 1. The lowest BCUT2D eigenvalue weighted by molar-refractivity contribution is 0.0931. The van der Waals surface area contributed by atoms with Gasteiger partial charge in [0, 0.05) is 35.1 Å². The van der Waals surface area contributed by atoms with Gasteiger partial charge in [-0.05, 0) is 43.5 Å². The van der Waals surface area contributed by atoms with Crippen LogP contribution in [0.2, 0.25) is 0 Å². The molecule has 1 amide bonds. The summed E-state index contributed by atoms with van der Waals surface area (Å²) < 4.78 is 10.9. The Balaban J connectivity index is 1.37. The summed E-state index contributed by atoms with van der Waals surface area (Å²) in [5, 5.41) is 9.33. The predicted molar refractivity (Wildman–Crippen MR) is 93.2 cm³/mol. The Morgan fingerprint density at radius 3 is 2.71 bits per heavy atom. The van der Waals surface area contributed by atoms with E-state index < -0.39 is 0 Å². The van der Waals surface area contributed by atoms with Crippen molar-refractivity contribution >= 4 is 17.2 Å². The summed E-state index contributed by atoms with van der Waals surface area (Å²) in [6.45, 7) is 0. The van der Waals surface area contributed by atoms with Crippen LogP contribution >= 0.6 is 11.3 Å². The molecule has 1 aromatic carbocycles. The summed E-state index contributed by atoms with van der Waals surface area (Å²) in [6.07, 6.45) is 3.43. The molecule has 5 nitrogen and oxygen atoms in total. The van der Waals surface area contributed by atoms with Crippen molar-refractivity contribution in [1.29, 1.82) is 0 Å². The topological polar surface area (TPSA) is 59.6 Å². The molecule has 126 valence electrons. The molecule has 0 radical (unpaired) electrons. The van der Waals surface area contributed by atoms with E-state index in [1.165, 1.54) is 17.8 Å². The summed E-state index contributed by atoms with van der Waals surface area (Å²) in [7, 11) is 1.63. The number of amides is 1. The minimum atomic E-state index is -0.0151. The number of hydrogen-bond donors (Lipinski definition) is 2. The minimum absolute atomic E-state index is 0.0151. The first-order valence-corrected chi connectivity index (χ1v) is 9.06. The summed E-state index contributed by atoms with van der Waals surface area (Å²) >= 11 is 1.47. The molecule has 0 aliphatic carbocycles. The highest BCUT2D eigenvalue weighted by molar-refractivity contribution is 7.12. The first kappa shape index (κ1) is 15.5. The van der Waals surface area contributed by atoms with Gasteiger partial charge in [0.25, 0.3) is 5.91 Å². The van der Waals surface area contributed by atoms with Crippen molar-refractivity contribution in [3.63, 3.8) is 0 Å². The van der Waals surface area contributed by atoms with Crippen LogP contribution < -0.4 is 20.1 Å². The molecule has 0 saturated carbocycles. The van der Waals surface area contributed by atoms with Crippen LogP contribution in [0.1, 0.15) is 29.6 Å². The maximum Gasteiger partial charge on any atom is 0.251 e. The van der Waals surface area contributed by atoms with Crippen molar-refractivity contribution in [3.05, 3.63) is 41.3 Å². The van der Waals surface area contributed by atoms with Crippen LogP contribution in [0.5, 0.6) is 16.6 Å². The second kappa shape index (κ2) is 6.45. The fraction of sp³-hybridized carbons (Fsp3) is 0.389. The normalized spacial score (nSPS) is 24.8. The highest BCUT2D eigenvalue weighted by Crippen LogP contribution is 2.32. The Hall–Kier alpha value is -2.05. The van der Waals surface area contributed by atoms with E-state index in [-0.39, 0.29) is 11.9 Å². The van der Waals surface area contributed by atoms with E-state index in [0.717, 1.165) is 23.7 Å². The Morgan fingerprint density at radius 2 is 2.08 bits per heavy atom. The van der Waals surface area contributed by atoms with E-state index >= 15 is 0 Å². The number of hydrogen-bond acceptors (Lipinski definition) is 5. The van der Waals surface area contributed by atoms with E-state index in [1.54, 1.807) is 19.2 Å². The zero-order chi connectivity index (χ0) is 16.5. The lowest BCUT2D eigenvalue weighted by Gasteiger charge is -2.21. The first-order chi connectivity index (χ1) is 11.7. The smallest absolute Gasteiger partial charge is 0.251 e. The maximum atomic E-state index is 12.4. The fourth-order valence-electron chi connectivity index (χ4n) is 3.49. The van der Waals surface area contributed by atoms with Gasteiger partial charge in [-0.15, -0.1) is 11.3 Å². The summed E-state index contributed by atoms with van der Waals surface area (Å²) in [5.41, 5.74) is 0.661. The van der Waals surface area contributed by atoms with Gasteiger partial charge in [0.05, 0.1) is 7.11 Å². The number of benzene rings is 1. The maximum absolute atomic E-state index is 12.4. The van der Waals surface area contributed by atoms with Crippen LogP contribution in [0.25, 0.3) is 0 Å². The molecule has 2 fully saturated rings. The van der Waals surface area contributed by atoms with Gasteiger partial charge in [0.15, 0.2) is 5.06 Å². The molecule has 6 heteroatoms. The van der Waals surface area contributed by atoms with Crippen molar-refractivity contribution in [3.8, 4) is 16.6 Å². The van der Waals surface area contributed by atoms with Gasteiger partial charge >= 0.3 is 0 Å². The van der Waals surface area contributed by atoms with Crippen LogP contribution in [-0.4, -0.2) is 31.1 Å². The van der Waals surface area contributed by atoms with E-state index in [4.69, 9.17) is 9.47 Å². The molecule has 2 bridgehead atoms. The van der Waals surface area contributed by atoms with Gasteiger partial charge < -0.3 is 20.1 Å². The van der Waals surface area contributed by atoms with E-state index in [1.807, 2.05) is 23.6 Å². The number of carbonyl (C=O) groups is 1. The second-order valence-corrected chi connectivity index (χ2v) is 7.17. The van der Waals surface area contributed by atoms with Crippen LogP contribution in [0, 0.1) is 0 Å². The molecule has 2 aliphatic heterocycles. The number of fused-ring (bicyclic) bond motifs is 2. The molecule has 2 N–H and O–H groups in total. The fourth-order valence-corrected chi connectivity index (χ4v) is 4.21. The average Bonchev–Trinajstić information content (AvgIpc) is 3.32. The zero-order valence-electron chi connectivity index (χ0n) is 13.5. The molecule has 2 saturated heterocycles. The van der Waals surface area contributed by atoms with E-state index in [2.05, 4.69) is 10.6 Å². The molecule has 3 atom stereocenters. The van der Waals surface area contributed by atoms with Crippen molar-refractivity contribution < 1.29 is 14.3 Å². The summed E-state index contributed by atoms with van der Waals surface area (Å²) in [4.78, 5) is 12.4. The monoisotopic (exact) mass is 344 g/mol. The van der Waals surface area contributed by atoms with Crippen LogP contribution in [-0.2, 0) is 0 Å². The largest absolute Gasteiger partial charge is 0.496 e.